The lowest BCUT2D eigenvalue weighted by molar-refractivity contribution is -0.120. The van der Waals surface area contributed by atoms with Crippen LogP contribution in [0.2, 0.25) is 5.02 Å². The summed E-state index contributed by atoms with van der Waals surface area (Å²) >= 11 is 5.94. The van der Waals surface area contributed by atoms with Crippen molar-refractivity contribution in [3.63, 3.8) is 0 Å². The standard InChI is InChI=1S/C27H31ClN2O4S/c1-18(2)24-16-25(19(3)15-26(24)34-5)20(4)29-27(31)17-30(22-9-7-6-8-10-22)35(32,33)23-13-11-21(28)12-14-23/h6-16,18,20H,17H2,1-5H3,(H,29,31)/t20-/m0/s1. The minimum Gasteiger partial charge on any atom is -0.496 e. The minimum atomic E-state index is -4.00. The number of sulfonamides is 1. The molecule has 0 spiro atoms. The highest BCUT2D eigenvalue weighted by Gasteiger charge is 2.28. The van der Waals surface area contributed by atoms with E-state index < -0.39 is 15.9 Å². The number of nitrogens with zero attached hydrogens (tertiary/aromatic N) is 1. The number of carbonyl (C=O) groups is 1. The van der Waals surface area contributed by atoms with Gasteiger partial charge in [0.1, 0.15) is 12.3 Å². The zero-order chi connectivity index (χ0) is 25.8. The summed E-state index contributed by atoms with van der Waals surface area (Å²) in [5.74, 6) is 0.634. The van der Waals surface area contributed by atoms with Crippen LogP contribution in [0.5, 0.6) is 5.75 Å². The average Bonchev–Trinajstić information content (AvgIpc) is 2.82. The first kappa shape index (κ1) is 26.6. The molecule has 8 heteroatoms. The normalized spacial score (nSPS) is 12.3. The van der Waals surface area contributed by atoms with Crippen molar-refractivity contribution in [1.29, 1.82) is 0 Å². The first-order chi connectivity index (χ1) is 16.5. The fraction of sp³-hybridized carbons (Fsp3) is 0.296. The maximum Gasteiger partial charge on any atom is 0.264 e. The largest absolute Gasteiger partial charge is 0.496 e. The van der Waals surface area contributed by atoms with Gasteiger partial charge >= 0.3 is 0 Å². The van der Waals surface area contributed by atoms with Crippen LogP contribution in [0.4, 0.5) is 5.69 Å². The van der Waals surface area contributed by atoms with Crippen LogP contribution in [-0.4, -0.2) is 28.0 Å². The summed E-state index contributed by atoms with van der Waals surface area (Å²) in [5.41, 5.74) is 3.38. The highest BCUT2D eigenvalue weighted by Crippen LogP contribution is 2.32. The van der Waals surface area contributed by atoms with E-state index in [-0.39, 0.29) is 23.4 Å². The fourth-order valence-corrected chi connectivity index (χ4v) is 5.50. The van der Waals surface area contributed by atoms with Crippen molar-refractivity contribution in [2.24, 2.45) is 0 Å². The van der Waals surface area contributed by atoms with E-state index in [9.17, 15) is 13.2 Å². The Morgan fingerprint density at radius 2 is 1.63 bits per heavy atom. The Kier molecular flexibility index (Phi) is 8.46. The van der Waals surface area contributed by atoms with Gasteiger partial charge in [0.05, 0.1) is 23.7 Å². The van der Waals surface area contributed by atoms with Crippen LogP contribution in [0.1, 0.15) is 49.4 Å². The molecule has 35 heavy (non-hydrogen) atoms. The molecular weight excluding hydrogens is 484 g/mol. The quantitative estimate of drug-likeness (QED) is 0.388. The van der Waals surface area contributed by atoms with Gasteiger partial charge in [0, 0.05) is 5.02 Å². The number of ether oxygens (including phenoxy) is 1. The minimum absolute atomic E-state index is 0.0548. The number of aryl methyl sites for hydroxylation is 1. The molecule has 0 aliphatic carbocycles. The van der Waals surface area contributed by atoms with Crippen molar-refractivity contribution < 1.29 is 17.9 Å². The zero-order valence-electron chi connectivity index (χ0n) is 20.6. The Labute approximate surface area is 212 Å². The van der Waals surface area contributed by atoms with Crippen LogP contribution in [-0.2, 0) is 14.8 Å². The first-order valence-corrected chi connectivity index (χ1v) is 13.2. The van der Waals surface area contributed by atoms with Gasteiger partial charge in [0.2, 0.25) is 5.91 Å². The number of hydrogen-bond donors (Lipinski definition) is 1. The third-order valence-electron chi connectivity index (χ3n) is 5.82. The van der Waals surface area contributed by atoms with Gasteiger partial charge in [-0.1, -0.05) is 43.6 Å². The van der Waals surface area contributed by atoms with Gasteiger partial charge in [0.25, 0.3) is 10.0 Å². The summed E-state index contributed by atoms with van der Waals surface area (Å²) < 4.78 is 33.6. The molecular formula is C27H31ClN2O4S. The van der Waals surface area contributed by atoms with Gasteiger partial charge in [0.15, 0.2) is 0 Å². The topological polar surface area (TPSA) is 75.7 Å². The van der Waals surface area contributed by atoms with Gasteiger partial charge in [-0.25, -0.2) is 8.42 Å². The molecule has 3 rings (SSSR count). The number of amides is 1. The van der Waals surface area contributed by atoms with Crippen LogP contribution in [0.25, 0.3) is 0 Å². The van der Waals surface area contributed by atoms with Crippen molar-refractivity contribution in [2.75, 3.05) is 18.0 Å². The van der Waals surface area contributed by atoms with E-state index in [2.05, 4.69) is 19.2 Å². The number of hydrogen-bond acceptors (Lipinski definition) is 4. The van der Waals surface area contributed by atoms with Crippen LogP contribution in [0.3, 0.4) is 0 Å². The molecule has 1 atom stereocenters. The van der Waals surface area contributed by atoms with Gasteiger partial charge < -0.3 is 10.1 Å². The maximum atomic E-state index is 13.5. The summed E-state index contributed by atoms with van der Waals surface area (Å²) in [6.45, 7) is 7.65. The second kappa shape index (κ2) is 11.1. The molecule has 0 aromatic heterocycles. The number of nitrogens with one attached hydrogen (secondary N) is 1. The number of para-hydroxylation sites is 1. The van der Waals surface area contributed by atoms with Crippen molar-refractivity contribution >= 4 is 33.2 Å². The van der Waals surface area contributed by atoms with Gasteiger partial charge in [-0.3, -0.25) is 9.10 Å². The highest BCUT2D eigenvalue weighted by molar-refractivity contribution is 7.92. The molecule has 0 heterocycles. The number of anilines is 1. The molecule has 3 aromatic rings. The second-order valence-corrected chi connectivity index (χ2v) is 11.0. The van der Waals surface area contributed by atoms with Crippen molar-refractivity contribution in [3.05, 3.63) is 88.4 Å². The average molecular weight is 515 g/mol. The van der Waals surface area contributed by atoms with Gasteiger partial charge in [-0.2, -0.15) is 0 Å². The molecule has 0 aliphatic rings. The molecule has 3 aromatic carbocycles. The van der Waals surface area contributed by atoms with E-state index >= 15 is 0 Å². The van der Waals surface area contributed by atoms with E-state index in [0.29, 0.717) is 10.7 Å². The lowest BCUT2D eigenvalue weighted by Crippen LogP contribution is -2.41. The molecule has 0 fully saturated rings. The maximum absolute atomic E-state index is 13.5. The number of rotatable bonds is 9. The van der Waals surface area contributed by atoms with Gasteiger partial charge in [-0.15, -0.1) is 0 Å². The monoisotopic (exact) mass is 514 g/mol. The second-order valence-electron chi connectivity index (χ2n) is 8.70. The molecule has 0 unspecified atom stereocenters. The molecule has 0 radical (unpaired) electrons. The van der Waals surface area contributed by atoms with Crippen LogP contribution in [0, 0.1) is 6.92 Å². The zero-order valence-corrected chi connectivity index (χ0v) is 22.2. The van der Waals surface area contributed by atoms with Gasteiger partial charge in [-0.05, 0) is 85.0 Å². The van der Waals surface area contributed by atoms with E-state index in [0.717, 1.165) is 26.7 Å². The lowest BCUT2D eigenvalue weighted by atomic mass is 9.93. The van der Waals surface area contributed by atoms with Crippen molar-refractivity contribution in [3.8, 4) is 5.75 Å². The Hall–Kier alpha value is -3.03. The Bertz CT molecular complexity index is 1280. The summed E-state index contributed by atoms with van der Waals surface area (Å²) in [7, 11) is -2.36. The number of methoxy groups -OCH3 is 1. The van der Waals surface area contributed by atoms with Crippen molar-refractivity contribution in [1.82, 2.24) is 5.32 Å². The van der Waals surface area contributed by atoms with E-state index in [1.807, 2.05) is 26.0 Å². The number of benzene rings is 3. The van der Waals surface area contributed by atoms with Crippen LogP contribution >= 0.6 is 11.6 Å². The Balaban J connectivity index is 1.89. The van der Waals surface area contributed by atoms with Crippen LogP contribution in [0.15, 0.2) is 71.6 Å². The van der Waals surface area contributed by atoms with E-state index in [1.165, 1.54) is 24.3 Å². The molecule has 6 nitrogen and oxygen atoms in total. The summed E-state index contributed by atoms with van der Waals surface area (Å²) in [6.07, 6.45) is 0. The molecule has 0 saturated carbocycles. The predicted octanol–water partition coefficient (Wildman–Crippen LogP) is 5.85. The van der Waals surface area contributed by atoms with E-state index in [4.69, 9.17) is 16.3 Å². The summed E-state index contributed by atoms with van der Waals surface area (Å²) in [6, 6.07) is 18.1. The highest BCUT2D eigenvalue weighted by atomic mass is 35.5. The third kappa shape index (κ3) is 6.16. The SMILES string of the molecule is COc1cc(C)c([C@H](C)NC(=O)CN(c2ccccc2)S(=O)(=O)c2ccc(Cl)cc2)cc1C(C)C. The molecule has 0 aliphatic heterocycles. The fourth-order valence-electron chi connectivity index (χ4n) is 3.95. The predicted molar refractivity (Wildman–Crippen MR) is 141 cm³/mol. The number of halogens is 1. The van der Waals surface area contributed by atoms with Crippen molar-refractivity contribution in [2.45, 2.75) is 44.6 Å². The molecule has 1 amide bonds. The Morgan fingerprint density at radius 3 is 2.20 bits per heavy atom. The molecule has 186 valence electrons. The molecule has 0 bridgehead atoms. The van der Waals surface area contributed by atoms with E-state index in [1.54, 1.807) is 37.4 Å². The molecule has 0 saturated heterocycles. The smallest absolute Gasteiger partial charge is 0.264 e. The first-order valence-electron chi connectivity index (χ1n) is 11.4. The summed E-state index contributed by atoms with van der Waals surface area (Å²) in [5, 5.41) is 3.39. The Morgan fingerprint density at radius 1 is 1.00 bits per heavy atom. The lowest BCUT2D eigenvalue weighted by Gasteiger charge is -2.26. The summed E-state index contributed by atoms with van der Waals surface area (Å²) in [4.78, 5) is 13.2. The third-order valence-corrected chi connectivity index (χ3v) is 7.86. The number of carbonyl (C=O) groups excluding carboxylic acids is 1. The molecule has 1 N–H and O–H groups in total. The van der Waals surface area contributed by atoms with Crippen LogP contribution < -0.4 is 14.4 Å².